The molecular formula is C18H17Cl2N3O4. The molecule has 0 bridgehead atoms. The first-order chi connectivity index (χ1) is 12.9. The fourth-order valence-corrected chi connectivity index (χ4v) is 2.76. The van der Waals surface area contributed by atoms with Gasteiger partial charge in [0.15, 0.2) is 11.5 Å². The first kappa shape index (κ1) is 19.3. The van der Waals surface area contributed by atoms with Crippen molar-refractivity contribution in [3.8, 4) is 11.5 Å². The maximum Gasteiger partial charge on any atom is 0.325 e. The summed E-state index contributed by atoms with van der Waals surface area (Å²) in [4.78, 5) is 23.9. The second-order valence-electron chi connectivity index (χ2n) is 5.85. The molecule has 9 heteroatoms. The molecule has 3 N–H and O–H groups in total. The maximum absolute atomic E-state index is 12.0. The highest BCUT2D eigenvalue weighted by atomic mass is 35.5. The predicted molar refractivity (Wildman–Crippen MR) is 103 cm³/mol. The molecule has 1 aliphatic heterocycles. The largest absolute Gasteiger partial charge is 0.454 e. The summed E-state index contributed by atoms with van der Waals surface area (Å²) in [6.07, 6.45) is 0. The molecule has 0 saturated carbocycles. The van der Waals surface area contributed by atoms with Crippen molar-refractivity contribution in [2.75, 3.05) is 18.7 Å². The number of carbonyl (C=O) groups is 2. The van der Waals surface area contributed by atoms with E-state index >= 15 is 0 Å². The summed E-state index contributed by atoms with van der Waals surface area (Å²) in [5.41, 5.74) is 1.36. The van der Waals surface area contributed by atoms with Crippen molar-refractivity contribution in [2.45, 2.75) is 13.0 Å². The summed E-state index contributed by atoms with van der Waals surface area (Å²) in [6, 6.07) is 9.41. The van der Waals surface area contributed by atoms with Crippen LogP contribution < -0.4 is 25.4 Å². The molecule has 1 heterocycles. The molecule has 1 aliphatic rings. The molecule has 0 fully saturated rings. The maximum atomic E-state index is 12.0. The number of nitrogens with one attached hydrogen (secondary N) is 3. The van der Waals surface area contributed by atoms with Crippen LogP contribution in [0.25, 0.3) is 0 Å². The first-order valence-electron chi connectivity index (χ1n) is 8.11. The van der Waals surface area contributed by atoms with Crippen LogP contribution in [-0.4, -0.2) is 25.3 Å². The average molecular weight is 410 g/mol. The van der Waals surface area contributed by atoms with Crippen molar-refractivity contribution in [2.24, 2.45) is 0 Å². The van der Waals surface area contributed by atoms with E-state index in [1.807, 2.05) is 13.0 Å². The summed E-state index contributed by atoms with van der Waals surface area (Å²) in [7, 11) is 0. The molecule has 1 unspecified atom stereocenters. The van der Waals surface area contributed by atoms with Gasteiger partial charge in [-0.25, -0.2) is 4.79 Å². The molecule has 0 aliphatic carbocycles. The van der Waals surface area contributed by atoms with E-state index in [1.54, 1.807) is 30.3 Å². The molecule has 0 spiro atoms. The van der Waals surface area contributed by atoms with Gasteiger partial charge in [0.2, 0.25) is 12.7 Å². The Morgan fingerprint density at radius 3 is 2.63 bits per heavy atom. The van der Waals surface area contributed by atoms with Crippen LogP contribution in [0.4, 0.5) is 10.5 Å². The Morgan fingerprint density at radius 1 is 1.07 bits per heavy atom. The van der Waals surface area contributed by atoms with Crippen molar-refractivity contribution in [3.05, 3.63) is 52.0 Å². The molecule has 3 amide bonds. The van der Waals surface area contributed by atoms with E-state index < -0.39 is 11.9 Å². The van der Waals surface area contributed by atoms with Crippen molar-refractivity contribution < 1.29 is 19.1 Å². The number of rotatable bonds is 5. The van der Waals surface area contributed by atoms with Gasteiger partial charge in [-0.05, 0) is 36.8 Å². The van der Waals surface area contributed by atoms with Gasteiger partial charge in [-0.3, -0.25) is 10.1 Å². The Balaban J connectivity index is 1.47. The summed E-state index contributed by atoms with van der Waals surface area (Å²) >= 11 is 11.9. The second kappa shape index (κ2) is 8.47. The van der Waals surface area contributed by atoms with Crippen molar-refractivity contribution in [1.29, 1.82) is 0 Å². The smallest absolute Gasteiger partial charge is 0.325 e. The van der Waals surface area contributed by atoms with Crippen LogP contribution in [0.3, 0.4) is 0 Å². The highest BCUT2D eigenvalue weighted by Gasteiger charge is 2.15. The highest BCUT2D eigenvalue weighted by Crippen LogP contribution is 2.34. The Labute approximate surface area is 165 Å². The zero-order valence-electron chi connectivity index (χ0n) is 14.3. The molecular weight excluding hydrogens is 393 g/mol. The normalized spacial score (nSPS) is 13.1. The third-order valence-electron chi connectivity index (χ3n) is 3.90. The van der Waals surface area contributed by atoms with Crippen LogP contribution in [0.1, 0.15) is 18.5 Å². The monoisotopic (exact) mass is 409 g/mol. The van der Waals surface area contributed by atoms with Gasteiger partial charge in [0.05, 0.1) is 16.6 Å². The van der Waals surface area contributed by atoms with Crippen LogP contribution in [-0.2, 0) is 4.79 Å². The lowest BCUT2D eigenvalue weighted by atomic mass is 10.1. The van der Waals surface area contributed by atoms with Crippen LogP contribution in [0.2, 0.25) is 10.0 Å². The van der Waals surface area contributed by atoms with Gasteiger partial charge in [0.1, 0.15) is 0 Å². The number of halogens is 2. The molecule has 0 saturated heterocycles. The van der Waals surface area contributed by atoms with Crippen molar-refractivity contribution in [1.82, 2.24) is 10.6 Å². The minimum absolute atomic E-state index is 0.0457. The first-order valence-corrected chi connectivity index (χ1v) is 8.87. The minimum atomic E-state index is -0.636. The Morgan fingerprint density at radius 2 is 1.85 bits per heavy atom. The summed E-state index contributed by atoms with van der Waals surface area (Å²) < 4.78 is 10.4. The third kappa shape index (κ3) is 5.03. The lowest BCUT2D eigenvalue weighted by molar-refractivity contribution is -0.119. The summed E-state index contributed by atoms with van der Waals surface area (Å²) in [5, 5.41) is 8.74. The van der Waals surface area contributed by atoms with E-state index in [-0.39, 0.29) is 19.4 Å². The van der Waals surface area contributed by atoms with Gasteiger partial charge in [-0.15, -0.1) is 0 Å². The van der Waals surface area contributed by atoms with Crippen molar-refractivity contribution in [3.63, 3.8) is 0 Å². The van der Waals surface area contributed by atoms with Crippen molar-refractivity contribution >= 4 is 40.8 Å². The molecule has 27 heavy (non-hydrogen) atoms. The Bertz CT molecular complexity index is 876. The molecule has 3 rings (SSSR count). The van der Waals surface area contributed by atoms with Crippen LogP contribution in [0, 0.1) is 0 Å². The lowest BCUT2D eigenvalue weighted by Gasteiger charge is -2.15. The molecule has 0 aromatic heterocycles. The van der Waals surface area contributed by atoms with Gasteiger partial charge in [0.25, 0.3) is 0 Å². The second-order valence-corrected chi connectivity index (χ2v) is 6.66. The number of fused-ring (bicyclic) bond motifs is 1. The Kier molecular flexibility index (Phi) is 6.05. The highest BCUT2D eigenvalue weighted by molar-refractivity contribution is 6.42. The Hall–Kier alpha value is -2.48. The topological polar surface area (TPSA) is 88.7 Å². The molecule has 7 nitrogen and oxygen atoms in total. The lowest BCUT2D eigenvalue weighted by Crippen LogP contribution is -2.40. The fourth-order valence-electron chi connectivity index (χ4n) is 2.45. The van der Waals surface area contributed by atoms with E-state index in [9.17, 15) is 9.59 Å². The van der Waals surface area contributed by atoms with E-state index in [0.29, 0.717) is 27.2 Å². The average Bonchev–Trinajstić information content (AvgIpc) is 3.09. The molecule has 0 radical (unpaired) electrons. The van der Waals surface area contributed by atoms with Crippen LogP contribution >= 0.6 is 23.2 Å². The number of ether oxygens (including phenoxy) is 2. The van der Waals surface area contributed by atoms with Gasteiger partial charge in [-0.2, -0.15) is 0 Å². The van der Waals surface area contributed by atoms with E-state index in [2.05, 4.69) is 16.0 Å². The third-order valence-corrected chi connectivity index (χ3v) is 4.63. The number of anilines is 1. The molecule has 2 aromatic carbocycles. The number of urea groups is 1. The minimum Gasteiger partial charge on any atom is -0.454 e. The standard InChI is InChI=1S/C18H17Cl2N3O4/c1-10(11-2-4-13(19)14(20)6-11)21-8-17(24)23-18(25)22-12-3-5-15-16(7-12)27-9-26-15/h2-7,10,21H,8-9H2,1H3,(H2,22,23,24,25). The van der Waals surface area contributed by atoms with Crippen LogP contribution in [0.15, 0.2) is 36.4 Å². The number of carbonyl (C=O) groups excluding carboxylic acids is 2. The van der Waals surface area contributed by atoms with Crippen LogP contribution in [0.5, 0.6) is 11.5 Å². The SMILES string of the molecule is CC(NCC(=O)NC(=O)Nc1ccc2c(c1)OCO2)c1ccc(Cl)c(Cl)c1. The predicted octanol–water partition coefficient (Wildman–Crippen LogP) is 3.72. The van der Waals surface area contributed by atoms with E-state index in [0.717, 1.165) is 5.56 Å². The summed E-state index contributed by atoms with van der Waals surface area (Å²) in [5.74, 6) is 0.675. The van der Waals surface area contributed by atoms with Gasteiger partial charge in [0, 0.05) is 17.8 Å². The zero-order valence-corrected chi connectivity index (χ0v) is 15.9. The number of hydrogen-bond donors (Lipinski definition) is 3. The summed E-state index contributed by atoms with van der Waals surface area (Å²) in [6.45, 7) is 1.97. The van der Waals surface area contributed by atoms with Gasteiger partial charge in [-0.1, -0.05) is 29.3 Å². The van der Waals surface area contributed by atoms with Gasteiger partial charge >= 0.3 is 6.03 Å². The quantitative estimate of drug-likeness (QED) is 0.699. The number of hydrogen-bond acceptors (Lipinski definition) is 5. The zero-order chi connectivity index (χ0) is 19.4. The molecule has 1 atom stereocenters. The number of imide groups is 1. The van der Waals surface area contributed by atoms with Gasteiger partial charge < -0.3 is 20.1 Å². The number of amides is 3. The van der Waals surface area contributed by atoms with E-state index in [4.69, 9.17) is 32.7 Å². The fraction of sp³-hybridized carbons (Fsp3) is 0.222. The molecule has 142 valence electrons. The number of benzene rings is 2. The molecule has 2 aromatic rings. The van der Waals surface area contributed by atoms with E-state index in [1.165, 1.54) is 0 Å².